The van der Waals surface area contributed by atoms with Crippen LogP contribution in [-0.2, 0) is 10.2 Å². The van der Waals surface area contributed by atoms with Gasteiger partial charge in [0.05, 0.1) is 12.1 Å². The molecule has 1 aliphatic rings. The van der Waals surface area contributed by atoms with Gasteiger partial charge in [0.2, 0.25) is 0 Å². The van der Waals surface area contributed by atoms with E-state index in [1.165, 1.54) is 4.31 Å². The van der Waals surface area contributed by atoms with Crippen molar-refractivity contribution >= 4 is 16.3 Å². The van der Waals surface area contributed by atoms with E-state index in [0.717, 1.165) is 11.1 Å². The lowest BCUT2D eigenvalue weighted by atomic mass is 10.1. The van der Waals surface area contributed by atoms with Crippen molar-refractivity contribution in [3.63, 3.8) is 0 Å². The average Bonchev–Trinajstić information content (AvgIpc) is 3.30. The van der Waals surface area contributed by atoms with E-state index in [9.17, 15) is 8.42 Å². The molecule has 0 amide bonds. The molecule has 0 spiro atoms. The molecule has 3 atom stereocenters. The molecule has 23 heavy (non-hydrogen) atoms. The normalized spacial score (nSPS) is 24.2. The third kappa shape index (κ3) is 3.22. The first-order valence-corrected chi connectivity index (χ1v) is 8.90. The number of benzene rings is 2. The van der Waals surface area contributed by atoms with E-state index in [1.807, 2.05) is 72.8 Å². The second-order valence-electron chi connectivity index (χ2n) is 5.74. The fourth-order valence-electron chi connectivity index (χ4n) is 2.67. The van der Waals surface area contributed by atoms with Crippen LogP contribution in [0.25, 0.3) is 6.08 Å². The molecule has 120 valence electrons. The summed E-state index contributed by atoms with van der Waals surface area (Å²) in [6.45, 7) is 0. The molecule has 0 aliphatic carbocycles. The summed E-state index contributed by atoms with van der Waals surface area (Å²) in [5, 5.41) is 0. The predicted molar refractivity (Wildman–Crippen MR) is 92.9 cm³/mol. The first-order chi connectivity index (χ1) is 11.0. The van der Waals surface area contributed by atoms with E-state index >= 15 is 0 Å². The van der Waals surface area contributed by atoms with E-state index in [1.54, 1.807) is 18.4 Å². The van der Waals surface area contributed by atoms with Gasteiger partial charge >= 0.3 is 0 Å². The maximum Gasteiger partial charge on any atom is 0.282 e. The fourth-order valence-corrected chi connectivity index (χ4v) is 4.02. The first kappa shape index (κ1) is 15.9. The highest BCUT2D eigenvalue weighted by atomic mass is 32.2. The van der Waals surface area contributed by atoms with Gasteiger partial charge in [0.1, 0.15) is 0 Å². The van der Waals surface area contributed by atoms with Gasteiger partial charge in [-0.25, -0.2) is 0 Å². The van der Waals surface area contributed by atoms with Crippen LogP contribution in [0.1, 0.15) is 17.2 Å². The molecule has 1 aliphatic heterocycles. The molecule has 2 aromatic rings. The van der Waals surface area contributed by atoms with Crippen molar-refractivity contribution in [2.24, 2.45) is 0 Å². The van der Waals surface area contributed by atoms with E-state index < -0.39 is 10.2 Å². The fraction of sp³-hybridized carbons (Fsp3) is 0.222. The highest BCUT2D eigenvalue weighted by molar-refractivity contribution is 7.87. The molecule has 0 radical (unpaired) electrons. The molecule has 1 saturated heterocycles. The lowest BCUT2D eigenvalue weighted by Crippen LogP contribution is -2.29. The third-order valence-electron chi connectivity index (χ3n) is 3.96. The van der Waals surface area contributed by atoms with Crippen LogP contribution in [0.4, 0.5) is 0 Å². The van der Waals surface area contributed by atoms with E-state index in [0.29, 0.717) is 0 Å². The van der Waals surface area contributed by atoms with Crippen molar-refractivity contribution in [1.82, 2.24) is 8.61 Å². The van der Waals surface area contributed by atoms with Crippen molar-refractivity contribution in [2.45, 2.75) is 12.1 Å². The topological polar surface area (TPSA) is 40.4 Å². The molecule has 1 fully saturated rings. The van der Waals surface area contributed by atoms with Crippen molar-refractivity contribution in [1.29, 1.82) is 0 Å². The van der Waals surface area contributed by atoms with Gasteiger partial charge in [-0.15, -0.1) is 0 Å². The summed E-state index contributed by atoms with van der Waals surface area (Å²) in [6.07, 6.45) is 3.94. The highest BCUT2D eigenvalue weighted by Gasteiger charge is 2.55. The molecule has 5 heteroatoms. The molecule has 3 rings (SSSR count). The Hall–Kier alpha value is -1.95. The second-order valence-corrected chi connectivity index (χ2v) is 7.78. The van der Waals surface area contributed by atoms with Gasteiger partial charge in [-0.3, -0.25) is 0 Å². The van der Waals surface area contributed by atoms with Crippen LogP contribution < -0.4 is 0 Å². The summed E-state index contributed by atoms with van der Waals surface area (Å²) in [6, 6.07) is 19.4. The standard InChI is InChI=1S/C18H20N2O2S/c1-19(2)23(21,22)20-17(14-13-15-9-5-3-6-10-15)18(20)16-11-7-4-8-12-16/h3-14,17-18H,1-2H3/b14-13+/t17-,18+,20?/m0/s1. The zero-order valence-corrected chi connectivity index (χ0v) is 14.0. The van der Waals surface area contributed by atoms with Gasteiger partial charge in [-0.2, -0.15) is 17.0 Å². The summed E-state index contributed by atoms with van der Waals surface area (Å²) < 4.78 is 27.8. The van der Waals surface area contributed by atoms with Crippen LogP contribution in [-0.4, -0.2) is 37.2 Å². The molecule has 4 nitrogen and oxygen atoms in total. The molecule has 0 N–H and O–H groups in total. The summed E-state index contributed by atoms with van der Waals surface area (Å²) >= 11 is 0. The maximum atomic E-state index is 12.5. The van der Waals surface area contributed by atoms with Gasteiger partial charge in [0, 0.05) is 14.1 Å². The van der Waals surface area contributed by atoms with Crippen molar-refractivity contribution in [2.75, 3.05) is 14.1 Å². The minimum absolute atomic E-state index is 0.136. The predicted octanol–water partition coefficient (Wildman–Crippen LogP) is 2.93. The average molecular weight is 328 g/mol. The van der Waals surface area contributed by atoms with Crippen LogP contribution in [0.5, 0.6) is 0 Å². The van der Waals surface area contributed by atoms with Crippen LogP contribution in [0.2, 0.25) is 0 Å². The second kappa shape index (κ2) is 6.28. The van der Waals surface area contributed by atoms with Gasteiger partial charge in [0.15, 0.2) is 0 Å². The summed E-state index contributed by atoms with van der Waals surface area (Å²) in [4.78, 5) is 0. The lowest BCUT2D eigenvalue weighted by molar-refractivity contribution is 0.476. The monoisotopic (exact) mass is 328 g/mol. The van der Waals surface area contributed by atoms with Crippen molar-refractivity contribution < 1.29 is 8.42 Å². The molecule has 1 unspecified atom stereocenters. The van der Waals surface area contributed by atoms with Crippen LogP contribution in [0.15, 0.2) is 66.7 Å². The van der Waals surface area contributed by atoms with Crippen LogP contribution in [0.3, 0.4) is 0 Å². The number of hydrogen-bond acceptors (Lipinski definition) is 2. The maximum absolute atomic E-state index is 12.5. The SMILES string of the molecule is CN(C)S(=O)(=O)N1[C@H](c2ccccc2)[C@@H]1/C=C/c1ccccc1. The summed E-state index contributed by atoms with van der Waals surface area (Å²) in [5.41, 5.74) is 2.08. The highest BCUT2D eigenvalue weighted by Crippen LogP contribution is 2.47. The number of rotatable bonds is 5. The van der Waals surface area contributed by atoms with Crippen LogP contribution in [0, 0.1) is 0 Å². The first-order valence-electron chi connectivity index (χ1n) is 7.51. The molecule has 0 bridgehead atoms. The Morgan fingerprint density at radius 1 is 0.957 bits per heavy atom. The van der Waals surface area contributed by atoms with E-state index in [2.05, 4.69) is 0 Å². The smallest absolute Gasteiger partial charge is 0.195 e. The zero-order valence-electron chi connectivity index (χ0n) is 13.2. The van der Waals surface area contributed by atoms with Crippen LogP contribution >= 0.6 is 0 Å². The Kier molecular flexibility index (Phi) is 4.35. The molecule has 2 aromatic carbocycles. The minimum Gasteiger partial charge on any atom is -0.195 e. The Bertz CT molecular complexity index is 786. The lowest BCUT2D eigenvalue weighted by Gasteiger charge is -2.12. The van der Waals surface area contributed by atoms with Crippen molar-refractivity contribution in [3.05, 3.63) is 77.9 Å². The quantitative estimate of drug-likeness (QED) is 0.792. The Morgan fingerprint density at radius 3 is 2.09 bits per heavy atom. The number of nitrogens with zero attached hydrogens (tertiary/aromatic N) is 2. The Labute approximate surface area is 137 Å². The van der Waals surface area contributed by atoms with Gasteiger partial charge in [0.25, 0.3) is 10.2 Å². The molecule has 0 saturated carbocycles. The van der Waals surface area contributed by atoms with Gasteiger partial charge < -0.3 is 0 Å². The third-order valence-corrected chi connectivity index (χ3v) is 5.88. The number of hydrogen-bond donors (Lipinski definition) is 0. The van der Waals surface area contributed by atoms with Crippen molar-refractivity contribution in [3.8, 4) is 0 Å². The summed E-state index contributed by atoms with van der Waals surface area (Å²) in [7, 11) is -0.313. The Morgan fingerprint density at radius 2 is 1.52 bits per heavy atom. The minimum atomic E-state index is -3.44. The molecular formula is C18H20N2O2S. The molecular weight excluding hydrogens is 308 g/mol. The molecule has 1 heterocycles. The summed E-state index contributed by atoms with van der Waals surface area (Å²) in [5.74, 6) is 0. The Balaban J connectivity index is 1.89. The van der Waals surface area contributed by atoms with Gasteiger partial charge in [-0.05, 0) is 11.1 Å². The van der Waals surface area contributed by atoms with Gasteiger partial charge in [-0.1, -0.05) is 72.8 Å². The van der Waals surface area contributed by atoms with E-state index in [-0.39, 0.29) is 12.1 Å². The molecule has 0 aromatic heterocycles. The largest absolute Gasteiger partial charge is 0.282 e. The van der Waals surface area contributed by atoms with E-state index in [4.69, 9.17) is 0 Å². The zero-order chi connectivity index (χ0) is 16.4.